The lowest BCUT2D eigenvalue weighted by molar-refractivity contribution is 0.668. The average Bonchev–Trinajstić information content (AvgIpc) is 1.54. The highest BCUT2D eigenvalue weighted by Gasteiger charge is 2.40. The summed E-state index contributed by atoms with van der Waals surface area (Å²) in [6, 6.07) is 144. The molecule has 2 aliphatic rings. The molecule has 10 heterocycles. The summed E-state index contributed by atoms with van der Waals surface area (Å²) in [6.45, 7) is 31.4. The molecule has 0 fully saturated rings. The number of fused-ring (bicyclic) bond motifs is 32. The Morgan fingerprint density at radius 3 is 0.986 bits per heavy atom. The van der Waals surface area contributed by atoms with Gasteiger partial charge in [-0.3, -0.25) is 0 Å². The van der Waals surface area contributed by atoms with Crippen molar-refractivity contribution in [3.8, 4) is 50.7 Å². The van der Waals surface area contributed by atoms with E-state index in [-0.39, 0.29) is 0 Å². The topological polar surface area (TPSA) is 64.1 Å². The summed E-state index contributed by atoms with van der Waals surface area (Å²) < 4.78 is 30.8. The first-order valence-electron chi connectivity index (χ1n) is 50.3. The van der Waals surface area contributed by atoms with Crippen LogP contribution >= 0.6 is 0 Å². The van der Waals surface area contributed by atoms with Crippen molar-refractivity contribution in [3.05, 3.63) is 450 Å². The summed E-state index contributed by atoms with van der Waals surface area (Å²) >= 11 is 0. The molecule has 30 rings (SSSR count). The van der Waals surface area contributed by atoms with Gasteiger partial charge in [-0.2, -0.15) is 0 Å². The molecule has 0 radical (unpaired) electrons. The van der Waals surface area contributed by atoms with E-state index in [1.54, 1.807) is 20.7 Å². The molecule has 8 aromatic heterocycles. The van der Waals surface area contributed by atoms with Crippen molar-refractivity contribution in [2.24, 2.45) is 0 Å². The van der Waals surface area contributed by atoms with Crippen molar-refractivity contribution < 1.29 is 13.3 Å². The molecule has 2 aliphatic heterocycles. The van der Waals surface area contributed by atoms with Crippen LogP contribution in [0.5, 0.6) is 0 Å². The smallest absolute Gasteiger partial charge is 0.145 e. The van der Waals surface area contributed by atoms with E-state index in [0.29, 0.717) is 0 Å². The lowest BCUT2D eigenvalue weighted by Crippen LogP contribution is -2.49. The van der Waals surface area contributed by atoms with Gasteiger partial charge in [0.05, 0.1) is 65.9 Å². The quantitative estimate of drug-likeness (QED) is 0.161. The van der Waals surface area contributed by atoms with Crippen LogP contribution in [0.1, 0.15) is 55.6 Å². The number of para-hydroxylation sites is 5. The number of nitrogens with zero attached hydrogens (tertiary/aromatic N) is 5. The molecule has 144 heavy (non-hydrogen) atoms. The molecule has 694 valence electrons. The van der Waals surface area contributed by atoms with Crippen LogP contribution in [-0.2, 0) is 0 Å². The van der Waals surface area contributed by atoms with E-state index < -0.39 is 16.1 Å². The number of rotatable bonds is 5. The molecular weight excluding hydrogens is 1780 g/mol. The van der Waals surface area contributed by atoms with Gasteiger partial charge >= 0.3 is 0 Å². The van der Waals surface area contributed by atoms with Gasteiger partial charge in [0.15, 0.2) is 0 Å². The zero-order valence-electron chi connectivity index (χ0n) is 83.5. The first-order chi connectivity index (χ1) is 70.0. The number of benzene rings is 20. The van der Waals surface area contributed by atoms with Gasteiger partial charge in [-0.1, -0.05) is 302 Å². The number of hydrogen-bond acceptors (Lipinski definition) is 3. The summed E-state index contributed by atoms with van der Waals surface area (Å²) in [5, 5.41) is 26.2. The maximum absolute atomic E-state index is 6.41. The standard InChI is InChI=1S/2C28H25NSi.3C26H19NO/c1-18-9-12-20(13-10-18)29-25-8-6-5-7-21(25)22-17-28-24(16-26(22)29)23-15-19(2)11-14-27(23)30(28,3)4;1-18-9-12-20(13-10-18)29-25-8-6-5-7-21(25)23-17-28-24(16-26(23)29)22-14-11-19(2)15-27(22)30(28,3)4;1-16-7-10-18(11-8-16)27-23-6-4-3-5-19(23)21-14-22-20-12-9-17(2)13-25(20)28-26(22)15-24(21)27;1-16-7-10-18(11-8-16)27-22-6-4-3-5-21(22)25-23(27)14-13-20-19-12-9-17(2)15-24(19)28-26(20)25;1-16-7-10-18(11-8-16)27-22-6-4-3-5-19(22)20-13-14-23-25(26(20)27)21-12-9-17(2)15-24(21)28-23/h2*5-17H,1-4H3;3*3-15H,1-2H3. The number of furan rings is 3. The molecule has 8 nitrogen and oxygen atoms in total. The van der Waals surface area contributed by atoms with Crippen molar-refractivity contribution in [3.63, 3.8) is 0 Å². The molecule has 0 amide bonds. The van der Waals surface area contributed by atoms with Crippen LogP contribution in [0.2, 0.25) is 26.2 Å². The van der Waals surface area contributed by atoms with Crippen molar-refractivity contribution in [1.82, 2.24) is 22.8 Å². The van der Waals surface area contributed by atoms with Gasteiger partial charge in [-0.15, -0.1) is 0 Å². The summed E-state index contributed by atoms with van der Waals surface area (Å²) in [7, 11) is -3.40. The maximum atomic E-state index is 6.41. The van der Waals surface area contributed by atoms with Crippen molar-refractivity contribution in [2.75, 3.05) is 0 Å². The summed E-state index contributed by atoms with van der Waals surface area (Å²) in [5.41, 5.74) is 42.5. The third-order valence-electron chi connectivity index (χ3n) is 31.0. The Morgan fingerprint density at radius 2 is 0.486 bits per heavy atom. The third kappa shape index (κ3) is 14.0. The van der Waals surface area contributed by atoms with Gasteiger partial charge in [0.1, 0.15) is 49.6 Å². The Morgan fingerprint density at radius 1 is 0.167 bits per heavy atom. The minimum Gasteiger partial charge on any atom is -0.456 e. The first kappa shape index (κ1) is 87.5. The fourth-order valence-electron chi connectivity index (χ4n) is 23.6. The molecule has 28 aromatic rings. The normalized spacial score (nSPS) is 12.9. The van der Waals surface area contributed by atoms with Gasteiger partial charge in [0.25, 0.3) is 0 Å². The molecule has 0 unspecified atom stereocenters. The molecule has 0 N–H and O–H groups in total. The monoisotopic (exact) mass is 1890 g/mol. The van der Waals surface area contributed by atoms with Crippen LogP contribution in [0, 0.1) is 69.2 Å². The Labute approximate surface area is 837 Å². The zero-order chi connectivity index (χ0) is 97.7. The highest BCUT2D eigenvalue weighted by molar-refractivity contribution is 7.04. The molecule has 0 spiro atoms. The second-order valence-electron chi connectivity index (χ2n) is 41.5. The van der Waals surface area contributed by atoms with E-state index in [1.807, 2.05) is 0 Å². The van der Waals surface area contributed by atoms with Crippen molar-refractivity contribution in [1.29, 1.82) is 0 Å². The minimum atomic E-state index is -1.70. The van der Waals surface area contributed by atoms with Crippen LogP contribution < -0.4 is 20.7 Å². The largest absolute Gasteiger partial charge is 0.456 e. The highest BCUT2D eigenvalue weighted by atomic mass is 28.3. The molecule has 20 aromatic carbocycles. The highest BCUT2D eigenvalue weighted by Crippen LogP contribution is 2.48. The average molecular weight is 1890 g/mol. The van der Waals surface area contributed by atoms with E-state index in [0.717, 1.165) is 33.5 Å². The summed E-state index contributed by atoms with van der Waals surface area (Å²) in [4.78, 5) is 0. The van der Waals surface area contributed by atoms with E-state index in [4.69, 9.17) is 13.3 Å². The molecule has 0 aliphatic carbocycles. The second-order valence-corrected chi connectivity index (χ2v) is 50.1. The Bertz CT molecular complexity index is 10100. The zero-order valence-corrected chi connectivity index (χ0v) is 85.5. The molecule has 0 atom stereocenters. The van der Waals surface area contributed by atoms with Crippen molar-refractivity contribution >= 4 is 212 Å². The minimum absolute atomic E-state index is 0.935. The third-order valence-corrected chi connectivity index (χ3v) is 38.0. The fraction of sp³-hybridized carbons (Fsp3) is 0.104. The molecule has 0 saturated heterocycles. The van der Waals surface area contributed by atoms with E-state index in [9.17, 15) is 0 Å². The lowest BCUT2D eigenvalue weighted by atomic mass is 10.0. The predicted molar refractivity (Wildman–Crippen MR) is 617 cm³/mol. The summed E-state index contributed by atoms with van der Waals surface area (Å²) in [5.74, 6) is 0. The van der Waals surface area contributed by atoms with Crippen LogP contribution in [-0.4, -0.2) is 39.0 Å². The van der Waals surface area contributed by atoms with Gasteiger partial charge < -0.3 is 36.1 Å². The number of aromatic nitrogens is 5. The Hall–Kier alpha value is -16.8. The van der Waals surface area contributed by atoms with Crippen LogP contribution in [0.25, 0.3) is 226 Å². The molecule has 0 bridgehead atoms. The van der Waals surface area contributed by atoms with Crippen LogP contribution in [0.15, 0.2) is 408 Å². The second kappa shape index (κ2) is 33.5. The SMILES string of the molecule is Cc1ccc(-n2c3ccccc3c3c4oc5cc(C)ccc5c4ccc32)cc1.Cc1ccc(-n2c3ccccc3c3cc4c(cc32)-c2cc(C)ccc2[Si]4(C)C)cc1.Cc1ccc(-n2c3ccccc3c3cc4c(cc32)-c2ccc(C)cc2[Si]4(C)C)cc1.Cc1ccc(-n2c3ccccc3c3cc4c(cc32)oc2cc(C)ccc24)cc1.Cc1ccc(-n2c3ccccc3c3ccc4oc5cc(C)ccc5c4c32)cc1. The summed E-state index contributed by atoms with van der Waals surface area (Å²) in [6.07, 6.45) is 0. The Balaban J connectivity index is 0.0000000919. The van der Waals surface area contributed by atoms with Gasteiger partial charge in [-0.05, 0) is 281 Å². The molecular formula is C134H107N5O3Si2. The van der Waals surface area contributed by atoms with Crippen LogP contribution in [0.4, 0.5) is 0 Å². The maximum Gasteiger partial charge on any atom is 0.145 e. The van der Waals surface area contributed by atoms with Crippen LogP contribution in [0.3, 0.4) is 0 Å². The van der Waals surface area contributed by atoms with Crippen molar-refractivity contribution in [2.45, 2.75) is 95.4 Å². The van der Waals surface area contributed by atoms with E-state index in [2.05, 4.69) is 513 Å². The predicted octanol–water partition coefficient (Wildman–Crippen LogP) is 34.3. The number of hydrogen-bond donors (Lipinski definition) is 0. The van der Waals surface area contributed by atoms with Gasteiger partial charge in [-0.25, -0.2) is 0 Å². The first-order valence-corrected chi connectivity index (χ1v) is 56.3. The van der Waals surface area contributed by atoms with E-state index >= 15 is 0 Å². The lowest BCUT2D eigenvalue weighted by Gasteiger charge is -2.19. The fourth-order valence-corrected chi connectivity index (χ4v) is 29.9. The molecule has 10 heteroatoms. The Kier molecular flexibility index (Phi) is 20.3. The van der Waals surface area contributed by atoms with Gasteiger partial charge in [0.2, 0.25) is 0 Å². The van der Waals surface area contributed by atoms with Gasteiger partial charge in [0, 0.05) is 110 Å². The molecule has 0 saturated carbocycles. The van der Waals surface area contributed by atoms with E-state index in [1.165, 1.54) is 248 Å². The number of aryl methyl sites for hydroxylation is 10.